The number of carbonyl (C=O) groups excluding carboxylic acids is 1. The molecule has 1 unspecified atom stereocenters. The Balaban J connectivity index is 1.56. The van der Waals surface area contributed by atoms with Crippen molar-refractivity contribution in [1.29, 1.82) is 0 Å². The number of rotatable bonds is 4. The van der Waals surface area contributed by atoms with Gasteiger partial charge in [0.1, 0.15) is 0 Å². The number of piperidine rings is 1. The van der Waals surface area contributed by atoms with Crippen LogP contribution in [-0.4, -0.2) is 45.9 Å². The Labute approximate surface area is 140 Å². The molecular formula is C17H22N4O3. The molecule has 0 radical (unpaired) electrons. The Bertz CT molecular complexity index is 701. The summed E-state index contributed by atoms with van der Waals surface area (Å²) in [7, 11) is 0. The number of likely N-dealkylation sites (tertiary alicyclic amines) is 1. The second kappa shape index (κ2) is 7.44. The first-order chi connectivity index (χ1) is 11.7. The highest BCUT2D eigenvalue weighted by atomic mass is 16.5. The number of aliphatic hydroxyl groups excluding tert-OH is 1. The first-order valence-electron chi connectivity index (χ1n) is 8.19. The highest BCUT2D eigenvalue weighted by Gasteiger charge is 2.23. The fourth-order valence-electron chi connectivity index (χ4n) is 2.89. The highest BCUT2D eigenvalue weighted by molar-refractivity contribution is 5.74. The minimum absolute atomic E-state index is 0.118. The fraction of sp³-hybridized carbons (Fsp3) is 0.471. The molecule has 1 aromatic carbocycles. The van der Waals surface area contributed by atoms with Crippen molar-refractivity contribution >= 4 is 6.03 Å². The van der Waals surface area contributed by atoms with E-state index in [0.29, 0.717) is 24.8 Å². The lowest BCUT2D eigenvalue weighted by Crippen LogP contribution is -2.45. The predicted octanol–water partition coefficient (Wildman–Crippen LogP) is 1.96. The van der Waals surface area contributed by atoms with E-state index in [-0.39, 0.29) is 25.1 Å². The predicted molar refractivity (Wildman–Crippen MR) is 88.1 cm³/mol. The maximum atomic E-state index is 12.2. The van der Waals surface area contributed by atoms with E-state index in [0.717, 1.165) is 24.0 Å². The Morgan fingerprint density at radius 3 is 3.17 bits per heavy atom. The van der Waals surface area contributed by atoms with E-state index in [1.54, 1.807) is 4.90 Å². The molecule has 128 valence electrons. The van der Waals surface area contributed by atoms with Crippen LogP contribution in [0.5, 0.6) is 0 Å². The molecule has 1 aromatic heterocycles. The van der Waals surface area contributed by atoms with Gasteiger partial charge in [0, 0.05) is 25.3 Å². The van der Waals surface area contributed by atoms with E-state index >= 15 is 0 Å². The molecular weight excluding hydrogens is 308 g/mol. The van der Waals surface area contributed by atoms with E-state index in [2.05, 4.69) is 15.5 Å². The number of amides is 2. The van der Waals surface area contributed by atoms with E-state index in [9.17, 15) is 9.90 Å². The molecule has 3 rings (SSSR count). The van der Waals surface area contributed by atoms with Gasteiger partial charge in [0.15, 0.2) is 0 Å². The molecule has 0 saturated carbocycles. The molecule has 1 atom stereocenters. The summed E-state index contributed by atoms with van der Waals surface area (Å²) in [6.45, 7) is 3.61. The molecule has 2 N–H and O–H groups in total. The van der Waals surface area contributed by atoms with Gasteiger partial charge in [0.25, 0.3) is 0 Å². The van der Waals surface area contributed by atoms with E-state index in [1.807, 2.05) is 31.2 Å². The van der Waals surface area contributed by atoms with Gasteiger partial charge in [-0.25, -0.2) is 4.79 Å². The summed E-state index contributed by atoms with van der Waals surface area (Å²) >= 11 is 0. The van der Waals surface area contributed by atoms with Gasteiger partial charge >= 0.3 is 6.03 Å². The number of hydrogen-bond acceptors (Lipinski definition) is 5. The first kappa shape index (κ1) is 16.4. The van der Waals surface area contributed by atoms with Gasteiger partial charge in [-0.05, 0) is 31.7 Å². The van der Waals surface area contributed by atoms with Gasteiger partial charge in [0.05, 0.1) is 6.54 Å². The SMILES string of the molecule is Cc1cccc(-c2noc(CNC(=O)N3CCCC(CO)C3)n2)c1. The number of carbonyl (C=O) groups is 1. The van der Waals surface area contributed by atoms with Crippen molar-refractivity contribution in [3.05, 3.63) is 35.7 Å². The lowest BCUT2D eigenvalue weighted by molar-refractivity contribution is 0.129. The highest BCUT2D eigenvalue weighted by Crippen LogP contribution is 2.17. The fourth-order valence-corrected chi connectivity index (χ4v) is 2.89. The van der Waals surface area contributed by atoms with Crippen LogP contribution in [0.2, 0.25) is 0 Å². The largest absolute Gasteiger partial charge is 0.396 e. The molecule has 24 heavy (non-hydrogen) atoms. The van der Waals surface area contributed by atoms with Crippen molar-refractivity contribution in [2.24, 2.45) is 5.92 Å². The zero-order chi connectivity index (χ0) is 16.9. The molecule has 1 aliphatic heterocycles. The number of aromatic nitrogens is 2. The van der Waals surface area contributed by atoms with Crippen LogP contribution < -0.4 is 5.32 Å². The zero-order valence-corrected chi connectivity index (χ0v) is 13.7. The number of aryl methyl sites for hydroxylation is 1. The third kappa shape index (κ3) is 3.91. The van der Waals surface area contributed by atoms with E-state index < -0.39 is 0 Å². The maximum absolute atomic E-state index is 12.2. The molecule has 0 aliphatic carbocycles. The summed E-state index contributed by atoms with van der Waals surface area (Å²) in [4.78, 5) is 18.2. The lowest BCUT2D eigenvalue weighted by atomic mass is 9.99. The quantitative estimate of drug-likeness (QED) is 0.894. The Kier molecular flexibility index (Phi) is 5.10. The minimum atomic E-state index is -0.163. The van der Waals surface area contributed by atoms with Crippen molar-refractivity contribution in [2.75, 3.05) is 19.7 Å². The monoisotopic (exact) mass is 330 g/mol. The van der Waals surface area contributed by atoms with Crippen molar-refractivity contribution < 1.29 is 14.4 Å². The summed E-state index contributed by atoms with van der Waals surface area (Å²) in [6, 6.07) is 7.68. The van der Waals surface area contributed by atoms with Gasteiger partial charge in [0.2, 0.25) is 11.7 Å². The first-order valence-corrected chi connectivity index (χ1v) is 8.19. The molecule has 2 amide bonds. The third-order valence-corrected chi connectivity index (χ3v) is 4.20. The van der Waals surface area contributed by atoms with Crippen LogP contribution >= 0.6 is 0 Å². The molecule has 2 heterocycles. The molecule has 7 nitrogen and oxygen atoms in total. The number of aliphatic hydroxyl groups is 1. The van der Waals surface area contributed by atoms with Crippen LogP contribution in [0.4, 0.5) is 4.79 Å². The average molecular weight is 330 g/mol. The average Bonchev–Trinajstić information content (AvgIpc) is 3.09. The third-order valence-electron chi connectivity index (χ3n) is 4.20. The molecule has 7 heteroatoms. The number of nitrogens with zero attached hydrogens (tertiary/aromatic N) is 3. The normalized spacial score (nSPS) is 17.8. The van der Waals surface area contributed by atoms with Crippen LogP contribution in [0.3, 0.4) is 0 Å². The Hall–Kier alpha value is -2.41. The van der Waals surface area contributed by atoms with Crippen LogP contribution in [0.1, 0.15) is 24.3 Å². The van der Waals surface area contributed by atoms with Gasteiger partial charge in [-0.2, -0.15) is 4.98 Å². The van der Waals surface area contributed by atoms with E-state index in [1.165, 1.54) is 0 Å². The summed E-state index contributed by atoms with van der Waals surface area (Å²) in [6.07, 6.45) is 1.88. The summed E-state index contributed by atoms with van der Waals surface area (Å²) < 4.78 is 5.20. The Morgan fingerprint density at radius 2 is 2.38 bits per heavy atom. The van der Waals surface area contributed by atoms with Crippen LogP contribution in [-0.2, 0) is 6.54 Å². The number of nitrogens with one attached hydrogen (secondary N) is 1. The number of hydrogen-bond donors (Lipinski definition) is 2. The lowest BCUT2D eigenvalue weighted by Gasteiger charge is -2.31. The van der Waals surface area contributed by atoms with Crippen molar-refractivity contribution in [3.63, 3.8) is 0 Å². The molecule has 1 saturated heterocycles. The van der Waals surface area contributed by atoms with Gasteiger partial charge in [-0.15, -0.1) is 0 Å². The zero-order valence-electron chi connectivity index (χ0n) is 13.7. The van der Waals surface area contributed by atoms with E-state index in [4.69, 9.17) is 4.52 Å². The molecule has 1 aliphatic rings. The van der Waals surface area contributed by atoms with Crippen LogP contribution in [0, 0.1) is 12.8 Å². The molecule has 0 bridgehead atoms. The molecule has 1 fully saturated rings. The van der Waals surface area contributed by atoms with Gasteiger partial charge in [-0.3, -0.25) is 0 Å². The smallest absolute Gasteiger partial charge is 0.317 e. The van der Waals surface area contributed by atoms with Crippen molar-refractivity contribution in [1.82, 2.24) is 20.4 Å². The van der Waals surface area contributed by atoms with Gasteiger partial charge in [-0.1, -0.05) is 28.9 Å². The topological polar surface area (TPSA) is 91.5 Å². The second-order valence-electron chi connectivity index (χ2n) is 6.18. The Morgan fingerprint density at radius 1 is 1.50 bits per heavy atom. The summed E-state index contributed by atoms with van der Waals surface area (Å²) in [5.74, 6) is 1.05. The molecule has 2 aromatic rings. The maximum Gasteiger partial charge on any atom is 0.317 e. The summed E-state index contributed by atoms with van der Waals surface area (Å²) in [5, 5.41) is 16.0. The van der Waals surface area contributed by atoms with Crippen molar-refractivity contribution in [3.8, 4) is 11.4 Å². The molecule has 0 spiro atoms. The number of benzene rings is 1. The number of urea groups is 1. The van der Waals surface area contributed by atoms with Gasteiger partial charge < -0.3 is 19.8 Å². The van der Waals surface area contributed by atoms with Crippen molar-refractivity contribution in [2.45, 2.75) is 26.3 Å². The standard InChI is InChI=1S/C17H22N4O3/c1-12-4-2-6-14(8-12)16-19-15(24-20-16)9-18-17(23)21-7-3-5-13(10-21)11-22/h2,4,6,8,13,22H,3,5,7,9-11H2,1H3,(H,18,23). The van der Waals surface area contributed by atoms with Crippen LogP contribution in [0.15, 0.2) is 28.8 Å². The minimum Gasteiger partial charge on any atom is -0.396 e. The second-order valence-corrected chi connectivity index (χ2v) is 6.18. The summed E-state index contributed by atoms with van der Waals surface area (Å²) in [5.41, 5.74) is 2.01. The van der Waals surface area contributed by atoms with Crippen LogP contribution in [0.25, 0.3) is 11.4 Å².